The molecule has 0 saturated carbocycles. The third kappa shape index (κ3) is 4.82. The number of carbonyl (C=O) groups is 3. The topological polar surface area (TPSA) is 88.2 Å². The van der Waals surface area contributed by atoms with Crippen molar-refractivity contribution >= 4 is 29.2 Å². The van der Waals surface area contributed by atoms with Crippen LogP contribution in [0.4, 0.5) is 16.2 Å². The van der Waals surface area contributed by atoms with E-state index in [4.69, 9.17) is 9.47 Å². The van der Waals surface area contributed by atoms with Gasteiger partial charge in [0.25, 0.3) is 5.91 Å². The van der Waals surface area contributed by atoms with Crippen LogP contribution in [0.2, 0.25) is 0 Å². The highest BCUT2D eigenvalue weighted by molar-refractivity contribution is 6.16. The van der Waals surface area contributed by atoms with Gasteiger partial charge in [0.05, 0.1) is 14.2 Å². The molecule has 4 rings (SSSR count). The Labute approximate surface area is 204 Å². The number of aryl methyl sites for hydroxylation is 1. The maximum Gasteiger partial charge on any atom is 0.332 e. The van der Waals surface area contributed by atoms with E-state index in [2.05, 4.69) is 5.32 Å². The van der Waals surface area contributed by atoms with Gasteiger partial charge in [-0.1, -0.05) is 29.8 Å². The zero-order valence-electron chi connectivity index (χ0n) is 20.1. The monoisotopic (exact) mass is 473 g/mol. The molecule has 1 aliphatic rings. The molecule has 8 heteroatoms. The van der Waals surface area contributed by atoms with Crippen LogP contribution in [-0.4, -0.2) is 49.6 Å². The molecular formula is C27H27N3O5. The Balaban J connectivity index is 1.50. The molecule has 1 N–H and O–H groups in total. The second-order valence-corrected chi connectivity index (χ2v) is 8.28. The van der Waals surface area contributed by atoms with Gasteiger partial charge < -0.3 is 14.8 Å². The molecule has 35 heavy (non-hydrogen) atoms. The second-order valence-electron chi connectivity index (χ2n) is 8.28. The fourth-order valence-electron chi connectivity index (χ4n) is 4.04. The van der Waals surface area contributed by atoms with Gasteiger partial charge in [0.2, 0.25) is 5.91 Å². The lowest BCUT2D eigenvalue weighted by Gasteiger charge is -2.19. The number of hydrogen-bond acceptors (Lipinski definition) is 5. The van der Waals surface area contributed by atoms with Crippen molar-refractivity contribution in [3.63, 3.8) is 0 Å². The smallest absolute Gasteiger partial charge is 0.332 e. The summed E-state index contributed by atoms with van der Waals surface area (Å²) in [5.74, 6) is 0.474. The zero-order valence-corrected chi connectivity index (χ0v) is 20.1. The summed E-state index contributed by atoms with van der Waals surface area (Å²) in [4.78, 5) is 41.0. The number of nitrogens with zero attached hydrogens (tertiary/aromatic N) is 2. The first kappa shape index (κ1) is 23.8. The summed E-state index contributed by atoms with van der Waals surface area (Å²) in [6.07, 6.45) is 0. The van der Waals surface area contributed by atoms with Gasteiger partial charge in [0.1, 0.15) is 24.1 Å². The fraction of sp³-hybridized carbons (Fsp3) is 0.222. The molecule has 0 aromatic heterocycles. The number of amides is 4. The minimum absolute atomic E-state index is 0.381. The van der Waals surface area contributed by atoms with Crippen LogP contribution in [0.25, 0.3) is 11.1 Å². The SMILES string of the molecule is COc1ccc(-c2cc(NC(=O)CN3C(=O)[C@@H](C)N(c4ccc(C)cc4)C3=O)ccc2OC)cc1. The van der Waals surface area contributed by atoms with Gasteiger partial charge in [0.15, 0.2) is 0 Å². The predicted molar refractivity (Wildman–Crippen MR) is 134 cm³/mol. The molecule has 8 nitrogen and oxygen atoms in total. The molecular weight excluding hydrogens is 446 g/mol. The van der Waals surface area contributed by atoms with Crippen molar-refractivity contribution in [2.45, 2.75) is 19.9 Å². The van der Waals surface area contributed by atoms with E-state index in [-0.39, 0.29) is 6.54 Å². The minimum Gasteiger partial charge on any atom is -0.497 e. The third-order valence-electron chi connectivity index (χ3n) is 5.95. The van der Waals surface area contributed by atoms with E-state index < -0.39 is 23.9 Å². The van der Waals surface area contributed by atoms with Crippen molar-refractivity contribution in [3.8, 4) is 22.6 Å². The molecule has 1 heterocycles. The molecule has 0 spiro atoms. The summed E-state index contributed by atoms with van der Waals surface area (Å²) in [7, 11) is 3.18. The van der Waals surface area contributed by atoms with Gasteiger partial charge in [-0.25, -0.2) is 4.79 Å². The summed E-state index contributed by atoms with van der Waals surface area (Å²) in [5, 5.41) is 2.79. The van der Waals surface area contributed by atoms with Crippen LogP contribution >= 0.6 is 0 Å². The van der Waals surface area contributed by atoms with Crippen molar-refractivity contribution in [2.75, 3.05) is 31.0 Å². The maximum atomic E-state index is 13.0. The van der Waals surface area contributed by atoms with Crippen LogP contribution in [0.1, 0.15) is 12.5 Å². The van der Waals surface area contributed by atoms with E-state index in [1.165, 1.54) is 4.90 Å². The number of carbonyl (C=O) groups excluding carboxylic acids is 3. The Kier molecular flexibility index (Phi) is 6.73. The number of nitrogens with one attached hydrogen (secondary N) is 1. The Bertz CT molecular complexity index is 1250. The van der Waals surface area contributed by atoms with Crippen molar-refractivity contribution in [2.24, 2.45) is 0 Å². The van der Waals surface area contributed by atoms with E-state index in [0.29, 0.717) is 17.1 Å². The molecule has 0 unspecified atom stereocenters. The Hall–Kier alpha value is -4.33. The van der Waals surface area contributed by atoms with E-state index in [1.54, 1.807) is 51.5 Å². The van der Waals surface area contributed by atoms with E-state index >= 15 is 0 Å². The summed E-state index contributed by atoms with van der Waals surface area (Å²) >= 11 is 0. The van der Waals surface area contributed by atoms with E-state index in [1.807, 2.05) is 43.3 Å². The average molecular weight is 474 g/mol. The molecule has 4 amide bonds. The lowest BCUT2D eigenvalue weighted by molar-refractivity contribution is -0.130. The number of anilines is 2. The molecule has 1 saturated heterocycles. The molecule has 1 atom stereocenters. The first-order chi connectivity index (χ1) is 16.8. The first-order valence-corrected chi connectivity index (χ1v) is 11.2. The van der Waals surface area contributed by atoms with Gasteiger partial charge in [-0.15, -0.1) is 0 Å². The largest absolute Gasteiger partial charge is 0.497 e. The number of methoxy groups -OCH3 is 2. The van der Waals surface area contributed by atoms with Crippen molar-refractivity contribution in [1.29, 1.82) is 0 Å². The lowest BCUT2D eigenvalue weighted by atomic mass is 10.0. The maximum absolute atomic E-state index is 13.0. The van der Waals surface area contributed by atoms with Crippen molar-refractivity contribution in [3.05, 3.63) is 72.3 Å². The molecule has 3 aromatic rings. The molecule has 0 radical (unpaired) electrons. The lowest BCUT2D eigenvalue weighted by Crippen LogP contribution is -2.39. The van der Waals surface area contributed by atoms with Crippen molar-refractivity contribution in [1.82, 2.24) is 4.90 Å². The van der Waals surface area contributed by atoms with E-state index in [0.717, 1.165) is 27.3 Å². The van der Waals surface area contributed by atoms with Crippen LogP contribution in [0.3, 0.4) is 0 Å². The molecule has 0 aliphatic carbocycles. The zero-order chi connectivity index (χ0) is 25.1. The van der Waals surface area contributed by atoms with Crippen LogP contribution in [0, 0.1) is 6.92 Å². The average Bonchev–Trinajstić information content (AvgIpc) is 3.07. The number of benzene rings is 3. The van der Waals surface area contributed by atoms with Crippen LogP contribution in [-0.2, 0) is 9.59 Å². The Morgan fingerprint density at radius 2 is 1.63 bits per heavy atom. The second kappa shape index (κ2) is 9.89. The number of hydrogen-bond donors (Lipinski definition) is 1. The summed E-state index contributed by atoms with van der Waals surface area (Å²) in [6, 6.07) is 18.8. The molecule has 1 aliphatic heterocycles. The van der Waals surface area contributed by atoms with Gasteiger partial charge in [-0.3, -0.25) is 19.4 Å². The van der Waals surface area contributed by atoms with E-state index in [9.17, 15) is 14.4 Å². The van der Waals surface area contributed by atoms with Crippen LogP contribution < -0.4 is 19.7 Å². The molecule has 0 bridgehead atoms. The Morgan fingerprint density at radius 1 is 0.943 bits per heavy atom. The number of rotatable bonds is 7. The minimum atomic E-state index is -0.694. The molecule has 3 aromatic carbocycles. The summed E-state index contributed by atoms with van der Waals surface area (Å²) < 4.78 is 10.7. The highest BCUT2D eigenvalue weighted by atomic mass is 16.5. The third-order valence-corrected chi connectivity index (χ3v) is 5.95. The van der Waals surface area contributed by atoms with Gasteiger partial charge in [-0.2, -0.15) is 0 Å². The van der Waals surface area contributed by atoms with Gasteiger partial charge in [0, 0.05) is 16.9 Å². The molecule has 180 valence electrons. The summed E-state index contributed by atoms with van der Waals surface area (Å²) in [5.41, 5.74) is 3.84. The highest BCUT2D eigenvalue weighted by Crippen LogP contribution is 2.33. The van der Waals surface area contributed by atoms with Crippen molar-refractivity contribution < 1.29 is 23.9 Å². The fourth-order valence-corrected chi connectivity index (χ4v) is 4.04. The summed E-state index contributed by atoms with van der Waals surface area (Å²) in [6.45, 7) is 3.22. The normalized spacial score (nSPS) is 15.4. The predicted octanol–water partition coefficient (Wildman–Crippen LogP) is 4.48. The first-order valence-electron chi connectivity index (χ1n) is 11.2. The van der Waals surface area contributed by atoms with Gasteiger partial charge in [-0.05, 0) is 61.9 Å². The standard InChI is InChI=1S/C27H27N3O5/c1-17-5-10-21(11-6-17)30-18(2)26(32)29(27(30)33)16-25(31)28-20-9-14-24(35-4)23(15-20)19-7-12-22(34-3)13-8-19/h5-15,18H,16H2,1-4H3,(H,28,31)/t18-/m1/s1. The quantitative estimate of drug-likeness (QED) is 0.512. The van der Waals surface area contributed by atoms with Crippen LogP contribution in [0.5, 0.6) is 11.5 Å². The molecule has 1 fully saturated rings. The number of ether oxygens (including phenoxy) is 2. The van der Waals surface area contributed by atoms with Gasteiger partial charge >= 0.3 is 6.03 Å². The highest BCUT2D eigenvalue weighted by Gasteiger charge is 2.44. The number of imide groups is 1. The van der Waals surface area contributed by atoms with Crippen LogP contribution in [0.15, 0.2) is 66.7 Å². The number of urea groups is 1. The Morgan fingerprint density at radius 3 is 2.26 bits per heavy atom.